The number of carbonyl (C=O) groups is 4. The van der Waals surface area contributed by atoms with Crippen LogP contribution in [0, 0.1) is 11.8 Å². The van der Waals surface area contributed by atoms with Crippen molar-refractivity contribution >= 4 is 35.5 Å². The third-order valence-electron chi connectivity index (χ3n) is 7.63. The minimum Gasteiger partial charge on any atom is -0.445 e. The molecule has 1 aliphatic rings. The van der Waals surface area contributed by atoms with Gasteiger partial charge in [-0.3, -0.25) is 14.4 Å². The first-order valence-electron chi connectivity index (χ1n) is 15.1. The molecule has 3 aromatic carbocycles. The van der Waals surface area contributed by atoms with Crippen LogP contribution in [0.3, 0.4) is 0 Å². The van der Waals surface area contributed by atoms with Gasteiger partial charge in [0.15, 0.2) is 0 Å². The predicted octanol–water partition coefficient (Wildman–Crippen LogP) is 5.38. The van der Waals surface area contributed by atoms with Crippen LogP contribution in [0.1, 0.15) is 46.6 Å². The van der Waals surface area contributed by atoms with E-state index in [9.17, 15) is 19.2 Å². The molecule has 1 saturated heterocycles. The van der Waals surface area contributed by atoms with Crippen molar-refractivity contribution in [2.75, 3.05) is 5.75 Å². The average Bonchev–Trinajstić information content (AvgIpc) is 3.77. The van der Waals surface area contributed by atoms with E-state index in [1.165, 1.54) is 24.2 Å². The van der Waals surface area contributed by atoms with Gasteiger partial charge >= 0.3 is 6.09 Å². The normalized spacial score (nSPS) is 17.2. The first kappa shape index (κ1) is 32.5. The molecule has 4 aromatic rings. The largest absolute Gasteiger partial charge is 0.445 e. The van der Waals surface area contributed by atoms with Gasteiger partial charge in [-0.15, -0.1) is 11.8 Å². The fraction of sp³-hybridized carbons (Fsp3) is 0.286. The molecule has 4 atom stereocenters. The van der Waals surface area contributed by atoms with E-state index in [0.717, 1.165) is 16.7 Å². The maximum Gasteiger partial charge on any atom is 0.408 e. The molecule has 3 amide bonds. The summed E-state index contributed by atoms with van der Waals surface area (Å²) in [6.07, 6.45) is 1.27. The minimum atomic E-state index is -1.15. The summed E-state index contributed by atoms with van der Waals surface area (Å²) in [5.41, 5.74) is 2.47. The highest BCUT2D eigenvalue weighted by Gasteiger charge is 2.44. The van der Waals surface area contributed by atoms with E-state index in [1.54, 1.807) is 4.90 Å². The number of amides is 3. The first-order valence-corrected chi connectivity index (χ1v) is 16.1. The molecule has 46 heavy (non-hydrogen) atoms. The molecule has 0 unspecified atom stereocenters. The molecule has 2 N–H and O–H groups in total. The number of rotatable bonds is 12. The number of benzene rings is 3. The van der Waals surface area contributed by atoms with Gasteiger partial charge in [0.25, 0.3) is 5.89 Å². The topological polar surface area (TPSA) is 131 Å². The van der Waals surface area contributed by atoms with E-state index in [0.29, 0.717) is 5.75 Å². The molecule has 5 rings (SSSR count). The van der Waals surface area contributed by atoms with Crippen molar-refractivity contribution < 1.29 is 28.3 Å². The number of hydrogen-bond donors (Lipinski definition) is 2. The van der Waals surface area contributed by atoms with Crippen molar-refractivity contribution in [2.24, 2.45) is 11.8 Å². The number of Topliss-reactive ketones (excluding diaryl/α,β-unsaturated/α-hetero) is 1. The van der Waals surface area contributed by atoms with Crippen LogP contribution >= 0.6 is 11.8 Å². The summed E-state index contributed by atoms with van der Waals surface area (Å²) in [5.74, 6) is -2.73. The molecule has 0 spiro atoms. The second-order valence-corrected chi connectivity index (χ2v) is 12.4. The zero-order chi connectivity index (χ0) is 32.5. The van der Waals surface area contributed by atoms with E-state index < -0.39 is 41.3 Å². The number of nitrogens with zero attached hydrogens (tertiary/aromatic N) is 2. The van der Waals surface area contributed by atoms with E-state index in [2.05, 4.69) is 15.6 Å². The van der Waals surface area contributed by atoms with Crippen LogP contribution in [0.15, 0.2) is 108 Å². The number of nitrogens with one attached hydrogen (secondary N) is 2. The fourth-order valence-corrected chi connectivity index (χ4v) is 6.61. The van der Waals surface area contributed by atoms with Gasteiger partial charge in [0.1, 0.15) is 36.4 Å². The molecule has 2 heterocycles. The summed E-state index contributed by atoms with van der Waals surface area (Å²) in [5, 5.41) is 5.28. The van der Waals surface area contributed by atoms with Crippen LogP contribution in [0.25, 0.3) is 0 Å². The quantitative estimate of drug-likeness (QED) is 0.156. The molecule has 11 heteroatoms. The highest BCUT2D eigenvalue weighted by molar-refractivity contribution is 7.99. The zero-order valence-electron chi connectivity index (χ0n) is 25.6. The number of alkyl carbamates (subject to hydrolysis) is 1. The van der Waals surface area contributed by atoms with Gasteiger partial charge in [-0.05, 0) is 29.0 Å². The Morgan fingerprint density at radius 2 is 1.57 bits per heavy atom. The number of ketones is 1. The van der Waals surface area contributed by atoms with Crippen molar-refractivity contribution in [3.63, 3.8) is 0 Å². The van der Waals surface area contributed by atoms with E-state index >= 15 is 0 Å². The number of thioether (sulfide) groups is 1. The van der Waals surface area contributed by atoms with Gasteiger partial charge < -0.3 is 24.7 Å². The number of ether oxygens (including phenoxy) is 1. The Hall–Kier alpha value is -4.90. The summed E-state index contributed by atoms with van der Waals surface area (Å²) < 4.78 is 10.7. The zero-order valence-corrected chi connectivity index (χ0v) is 26.4. The van der Waals surface area contributed by atoms with Crippen molar-refractivity contribution in [3.05, 3.63) is 126 Å². The molecule has 0 radical (unpaired) electrons. The lowest BCUT2D eigenvalue weighted by Crippen LogP contribution is -2.58. The van der Waals surface area contributed by atoms with E-state index in [4.69, 9.17) is 9.15 Å². The number of oxazole rings is 1. The summed E-state index contributed by atoms with van der Waals surface area (Å²) in [7, 11) is 0. The summed E-state index contributed by atoms with van der Waals surface area (Å²) in [6.45, 7) is 3.72. The first-order chi connectivity index (χ1) is 22.3. The molecular formula is C35H36N4O6S. The molecule has 238 valence electrons. The molecule has 1 aromatic heterocycles. The average molecular weight is 641 g/mol. The van der Waals surface area contributed by atoms with Crippen molar-refractivity contribution in [1.82, 2.24) is 20.5 Å². The highest BCUT2D eigenvalue weighted by atomic mass is 32.2. The Labute approximate surface area is 271 Å². The van der Waals surface area contributed by atoms with Crippen LogP contribution in [0.5, 0.6) is 0 Å². The van der Waals surface area contributed by atoms with Crippen LogP contribution in [0.4, 0.5) is 4.79 Å². The van der Waals surface area contributed by atoms with Crippen LogP contribution < -0.4 is 10.6 Å². The van der Waals surface area contributed by atoms with Gasteiger partial charge in [-0.2, -0.15) is 0 Å². The second kappa shape index (κ2) is 15.4. The maximum absolute atomic E-state index is 14.4. The molecule has 1 aliphatic heterocycles. The van der Waals surface area contributed by atoms with Gasteiger partial charge in [-0.25, -0.2) is 9.78 Å². The SMILES string of the molecule is CC(C)[C@H](NC(=O)OCc1ccccc1)C(=O)N1[C@@H](NC(=O)[C@@H](Cc2ccccc2)C(=O)c2ncco2)CS[C@@H]1c1ccccc1. The van der Waals surface area contributed by atoms with Crippen molar-refractivity contribution in [1.29, 1.82) is 0 Å². The van der Waals surface area contributed by atoms with Gasteiger partial charge in [0.05, 0.1) is 6.20 Å². The third-order valence-corrected chi connectivity index (χ3v) is 8.95. The molecule has 1 fully saturated rings. The van der Waals surface area contributed by atoms with Crippen LogP contribution in [-0.4, -0.2) is 51.5 Å². The van der Waals surface area contributed by atoms with Gasteiger partial charge in [0.2, 0.25) is 17.6 Å². The Morgan fingerprint density at radius 1 is 0.935 bits per heavy atom. The lowest BCUT2D eigenvalue weighted by Gasteiger charge is -2.35. The van der Waals surface area contributed by atoms with Gasteiger partial charge in [-0.1, -0.05) is 105 Å². The fourth-order valence-electron chi connectivity index (χ4n) is 5.24. The standard InChI is InChI=1S/C35H36N4O6S/c1-23(2)29(38-35(43)45-21-25-14-8-4-9-15-25)33(42)39-28(22-46-34(39)26-16-10-5-11-17-26)37-31(41)27(20-24-12-6-3-7-13-24)30(40)32-36-18-19-44-32/h3-19,23,27-29,34H,20-22H2,1-2H3,(H,37,41)(H,38,43)/t27-,28+,29-,34+/m0/s1. The molecule has 0 saturated carbocycles. The molecule has 0 bridgehead atoms. The molecular weight excluding hydrogens is 604 g/mol. The Bertz CT molecular complexity index is 1600. The van der Waals surface area contributed by atoms with E-state index in [1.807, 2.05) is 105 Å². The van der Waals surface area contributed by atoms with Crippen LogP contribution in [0.2, 0.25) is 0 Å². The van der Waals surface area contributed by atoms with Gasteiger partial charge in [0, 0.05) is 5.75 Å². The smallest absolute Gasteiger partial charge is 0.408 e. The Balaban J connectivity index is 1.38. The number of carbonyl (C=O) groups excluding carboxylic acids is 4. The second-order valence-electron chi connectivity index (χ2n) is 11.2. The Morgan fingerprint density at radius 3 is 2.17 bits per heavy atom. The minimum absolute atomic E-state index is 0.0535. The maximum atomic E-state index is 14.4. The molecule has 0 aliphatic carbocycles. The summed E-state index contributed by atoms with van der Waals surface area (Å²) >= 11 is 1.49. The van der Waals surface area contributed by atoms with Crippen molar-refractivity contribution in [3.8, 4) is 0 Å². The predicted molar refractivity (Wildman–Crippen MR) is 173 cm³/mol. The Kier molecular flexibility index (Phi) is 10.9. The van der Waals surface area contributed by atoms with Crippen LogP contribution in [-0.2, 0) is 27.4 Å². The highest BCUT2D eigenvalue weighted by Crippen LogP contribution is 2.41. The number of aromatic nitrogens is 1. The lowest BCUT2D eigenvalue weighted by molar-refractivity contribution is -0.138. The van der Waals surface area contributed by atoms with E-state index in [-0.39, 0.29) is 30.7 Å². The number of hydrogen-bond acceptors (Lipinski definition) is 8. The summed E-state index contributed by atoms with van der Waals surface area (Å²) in [4.78, 5) is 60.2. The van der Waals surface area contributed by atoms with Crippen molar-refractivity contribution in [2.45, 2.75) is 44.5 Å². The lowest BCUT2D eigenvalue weighted by atomic mass is 9.94. The summed E-state index contributed by atoms with van der Waals surface area (Å²) in [6, 6.07) is 27.0. The molecule has 10 nitrogen and oxygen atoms in total. The monoisotopic (exact) mass is 640 g/mol. The third kappa shape index (κ3) is 8.02.